The second-order valence-corrected chi connectivity index (χ2v) is 10.6. The highest BCUT2D eigenvalue weighted by molar-refractivity contribution is 7.89. The Morgan fingerprint density at radius 1 is 1.10 bits per heavy atom. The number of hydrogen-bond donors (Lipinski definition) is 1. The molecule has 4 rings (SSSR count). The minimum Gasteiger partial charge on any atom is -0.304 e. The maximum absolute atomic E-state index is 13.0. The summed E-state index contributed by atoms with van der Waals surface area (Å²) in [7, 11) is -1.56. The van der Waals surface area contributed by atoms with Crippen molar-refractivity contribution in [2.24, 2.45) is 0 Å². The number of carbonyl (C=O) groups excluding carboxylic acids is 1. The standard InChI is InChI=1S/C22H24N4O3S2/c1-16-3-5-17(6-4-16)7-10-21(27)24-22-23-19-9-8-18(15-20(19)30-22)31(28,29)26-13-11-25(2)12-14-26/h3-10,15H,11-14H2,1-2H3,(H,23,24,27)/b10-7+. The Labute approximate surface area is 186 Å². The van der Waals surface area contributed by atoms with Gasteiger partial charge in [-0.05, 0) is 43.8 Å². The van der Waals surface area contributed by atoms with Gasteiger partial charge in [0.2, 0.25) is 15.9 Å². The first-order valence-corrected chi connectivity index (χ1v) is 12.2. The number of sulfonamides is 1. The van der Waals surface area contributed by atoms with Crippen molar-refractivity contribution in [3.63, 3.8) is 0 Å². The zero-order valence-corrected chi connectivity index (χ0v) is 19.0. The van der Waals surface area contributed by atoms with Gasteiger partial charge in [0.05, 0.1) is 15.1 Å². The number of fused-ring (bicyclic) bond motifs is 1. The molecule has 3 aromatic rings. The van der Waals surface area contributed by atoms with Crippen molar-refractivity contribution in [1.29, 1.82) is 0 Å². The molecule has 0 aliphatic carbocycles. The first kappa shape index (κ1) is 21.6. The van der Waals surface area contributed by atoms with E-state index < -0.39 is 10.0 Å². The molecule has 7 nitrogen and oxygen atoms in total. The number of carbonyl (C=O) groups is 1. The van der Waals surface area contributed by atoms with Crippen LogP contribution in [0.5, 0.6) is 0 Å². The number of hydrogen-bond acceptors (Lipinski definition) is 6. The summed E-state index contributed by atoms with van der Waals surface area (Å²) in [6.45, 7) is 4.40. The van der Waals surface area contributed by atoms with Crippen LogP contribution in [-0.4, -0.2) is 61.7 Å². The summed E-state index contributed by atoms with van der Waals surface area (Å²) in [6.07, 6.45) is 3.20. The average Bonchev–Trinajstić information content (AvgIpc) is 3.15. The third-order valence-corrected chi connectivity index (χ3v) is 8.02. The Kier molecular flexibility index (Phi) is 6.19. The number of aryl methyl sites for hydroxylation is 1. The summed E-state index contributed by atoms with van der Waals surface area (Å²) in [4.78, 5) is 19.0. The van der Waals surface area contributed by atoms with E-state index in [-0.39, 0.29) is 10.8 Å². The number of thiazole rings is 1. The van der Waals surface area contributed by atoms with E-state index >= 15 is 0 Å². The Hall–Kier alpha value is -2.59. The molecule has 2 aromatic carbocycles. The summed E-state index contributed by atoms with van der Waals surface area (Å²) in [6, 6.07) is 12.8. The lowest BCUT2D eigenvalue weighted by Gasteiger charge is -2.31. The number of nitrogens with one attached hydrogen (secondary N) is 1. The monoisotopic (exact) mass is 456 g/mol. The van der Waals surface area contributed by atoms with E-state index in [1.165, 1.54) is 21.7 Å². The van der Waals surface area contributed by atoms with Gasteiger partial charge < -0.3 is 4.90 Å². The van der Waals surface area contributed by atoms with Gasteiger partial charge in [-0.2, -0.15) is 4.31 Å². The molecule has 1 aromatic heterocycles. The molecule has 0 radical (unpaired) electrons. The topological polar surface area (TPSA) is 82.6 Å². The van der Waals surface area contributed by atoms with E-state index in [9.17, 15) is 13.2 Å². The number of rotatable bonds is 5. The molecule has 1 amide bonds. The van der Waals surface area contributed by atoms with Crippen molar-refractivity contribution in [2.75, 3.05) is 38.5 Å². The Balaban J connectivity index is 1.48. The molecule has 162 valence electrons. The third-order valence-electron chi connectivity index (χ3n) is 5.19. The predicted octanol–water partition coefficient (Wildman–Crippen LogP) is 3.19. The number of aromatic nitrogens is 1. The maximum Gasteiger partial charge on any atom is 0.250 e. The van der Waals surface area contributed by atoms with Gasteiger partial charge in [0.25, 0.3) is 0 Å². The fraction of sp³-hybridized carbons (Fsp3) is 0.273. The molecule has 1 N–H and O–H groups in total. The van der Waals surface area contributed by atoms with Gasteiger partial charge in [-0.15, -0.1) is 0 Å². The van der Waals surface area contributed by atoms with Crippen molar-refractivity contribution in [2.45, 2.75) is 11.8 Å². The van der Waals surface area contributed by atoms with Crippen LogP contribution in [0.4, 0.5) is 5.13 Å². The van der Waals surface area contributed by atoms with Crippen LogP contribution < -0.4 is 5.32 Å². The van der Waals surface area contributed by atoms with Gasteiger partial charge in [-0.3, -0.25) is 10.1 Å². The smallest absolute Gasteiger partial charge is 0.250 e. The van der Waals surface area contributed by atoms with E-state index in [0.29, 0.717) is 41.5 Å². The van der Waals surface area contributed by atoms with Crippen molar-refractivity contribution in [3.05, 3.63) is 59.7 Å². The molecule has 1 saturated heterocycles. The first-order valence-electron chi connectivity index (χ1n) is 9.96. The number of likely N-dealkylation sites (N-methyl/N-ethyl adjacent to an activating group) is 1. The van der Waals surface area contributed by atoms with Gasteiger partial charge in [-0.1, -0.05) is 41.2 Å². The lowest BCUT2D eigenvalue weighted by Crippen LogP contribution is -2.46. The Bertz CT molecular complexity index is 1230. The lowest BCUT2D eigenvalue weighted by molar-refractivity contribution is -0.111. The van der Waals surface area contributed by atoms with Crippen LogP contribution in [0.15, 0.2) is 53.4 Å². The molecule has 9 heteroatoms. The molecule has 1 aliphatic rings. The summed E-state index contributed by atoms with van der Waals surface area (Å²) < 4.78 is 28.2. The zero-order valence-electron chi connectivity index (χ0n) is 17.4. The van der Waals surface area contributed by atoms with Crippen molar-refractivity contribution in [3.8, 4) is 0 Å². The minimum absolute atomic E-state index is 0.255. The Morgan fingerprint density at radius 3 is 2.52 bits per heavy atom. The van der Waals surface area contributed by atoms with Crippen LogP contribution in [-0.2, 0) is 14.8 Å². The molecular weight excluding hydrogens is 432 g/mol. The van der Waals surface area contributed by atoms with E-state index in [0.717, 1.165) is 11.1 Å². The van der Waals surface area contributed by atoms with Gasteiger partial charge in [0, 0.05) is 32.3 Å². The Morgan fingerprint density at radius 2 is 1.81 bits per heavy atom. The third kappa shape index (κ3) is 5.01. The van der Waals surface area contributed by atoms with Crippen molar-refractivity contribution < 1.29 is 13.2 Å². The van der Waals surface area contributed by atoms with Gasteiger partial charge in [0.15, 0.2) is 5.13 Å². The number of piperazine rings is 1. The molecular formula is C22H24N4O3S2. The van der Waals surface area contributed by atoms with Crippen LogP contribution in [0.25, 0.3) is 16.3 Å². The van der Waals surface area contributed by atoms with E-state index in [2.05, 4.69) is 15.2 Å². The van der Waals surface area contributed by atoms with Crippen molar-refractivity contribution in [1.82, 2.24) is 14.2 Å². The largest absolute Gasteiger partial charge is 0.304 e. The zero-order chi connectivity index (χ0) is 22.0. The predicted molar refractivity (Wildman–Crippen MR) is 125 cm³/mol. The summed E-state index contributed by atoms with van der Waals surface area (Å²) in [5, 5.41) is 3.19. The van der Waals surface area contributed by atoms with Crippen LogP contribution >= 0.6 is 11.3 Å². The molecule has 0 saturated carbocycles. The molecule has 2 heterocycles. The molecule has 1 fully saturated rings. The number of benzene rings is 2. The molecule has 31 heavy (non-hydrogen) atoms. The summed E-state index contributed by atoms with van der Waals surface area (Å²) in [5.41, 5.74) is 2.74. The molecule has 0 bridgehead atoms. The lowest BCUT2D eigenvalue weighted by atomic mass is 10.1. The second kappa shape index (κ2) is 8.88. The van der Waals surface area contributed by atoms with Crippen LogP contribution in [0.1, 0.15) is 11.1 Å². The fourth-order valence-corrected chi connectivity index (χ4v) is 5.72. The normalized spacial score (nSPS) is 16.2. The highest BCUT2D eigenvalue weighted by atomic mass is 32.2. The minimum atomic E-state index is -3.55. The van der Waals surface area contributed by atoms with E-state index in [1.807, 2.05) is 38.2 Å². The van der Waals surface area contributed by atoms with Crippen LogP contribution in [0.3, 0.4) is 0 Å². The fourth-order valence-electron chi connectivity index (χ4n) is 3.29. The summed E-state index contributed by atoms with van der Waals surface area (Å²) in [5.74, 6) is -0.287. The SMILES string of the molecule is Cc1ccc(/C=C/C(=O)Nc2nc3ccc(S(=O)(=O)N4CCN(C)CC4)cc3s2)cc1. The number of amides is 1. The van der Waals surface area contributed by atoms with Gasteiger partial charge in [0.1, 0.15) is 0 Å². The molecule has 1 aliphatic heterocycles. The maximum atomic E-state index is 13.0. The number of anilines is 1. The van der Waals surface area contributed by atoms with Gasteiger partial charge >= 0.3 is 0 Å². The van der Waals surface area contributed by atoms with Crippen LogP contribution in [0.2, 0.25) is 0 Å². The van der Waals surface area contributed by atoms with Crippen LogP contribution in [0, 0.1) is 6.92 Å². The average molecular weight is 457 g/mol. The van der Waals surface area contributed by atoms with Gasteiger partial charge in [-0.25, -0.2) is 13.4 Å². The quantitative estimate of drug-likeness (QED) is 0.596. The highest BCUT2D eigenvalue weighted by Gasteiger charge is 2.27. The molecule has 0 atom stereocenters. The number of nitrogens with zero attached hydrogens (tertiary/aromatic N) is 3. The molecule has 0 spiro atoms. The highest BCUT2D eigenvalue weighted by Crippen LogP contribution is 2.29. The molecule has 0 unspecified atom stereocenters. The van der Waals surface area contributed by atoms with Crippen molar-refractivity contribution >= 4 is 48.7 Å². The van der Waals surface area contributed by atoms with E-state index in [1.54, 1.807) is 24.3 Å². The second-order valence-electron chi connectivity index (χ2n) is 7.59. The first-order chi connectivity index (χ1) is 14.8. The van der Waals surface area contributed by atoms with E-state index in [4.69, 9.17) is 0 Å². The summed E-state index contributed by atoms with van der Waals surface area (Å²) >= 11 is 1.26.